The van der Waals surface area contributed by atoms with Crippen LogP contribution in [0.3, 0.4) is 0 Å². The van der Waals surface area contributed by atoms with Crippen LogP contribution in [0.4, 0.5) is 19.0 Å². The van der Waals surface area contributed by atoms with Gasteiger partial charge in [-0.2, -0.15) is 18.3 Å². The highest BCUT2D eigenvalue weighted by atomic mass is 35.5. The van der Waals surface area contributed by atoms with Crippen LogP contribution in [0.5, 0.6) is 0 Å². The molecule has 0 spiro atoms. The minimum atomic E-state index is -4.57. The summed E-state index contributed by atoms with van der Waals surface area (Å²) in [6, 6.07) is 11.3. The first kappa shape index (κ1) is 23.6. The fourth-order valence-electron chi connectivity index (χ4n) is 3.91. The van der Waals surface area contributed by atoms with E-state index in [1.54, 1.807) is 19.2 Å². The van der Waals surface area contributed by atoms with Gasteiger partial charge in [-0.1, -0.05) is 35.9 Å². The molecule has 6 nitrogen and oxygen atoms in total. The molecule has 1 aliphatic rings. The second-order valence-corrected chi connectivity index (χ2v) is 8.29. The van der Waals surface area contributed by atoms with Gasteiger partial charge in [0.1, 0.15) is 5.82 Å². The van der Waals surface area contributed by atoms with Crippen molar-refractivity contribution in [2.45, 2.75) is 32.5 Å². The molecule has 0 saturated carbocycles. The lowest BCUT2D eigenvalue weighted by molar-refractivity contribution is -0.137. The largest absolute Gasteiger partial charge is 0.416 e. The van der Waals surface area contributed by atoms with E-state index in [1.165, 1.54) is 22.6 Å². The smallest absolute Gasteiger partial charge is 0.311 e. The third-order valence-corrected chi connectivity index (χ3v) is 5.77. The lowest BCUT2D eigenvalue weighted by Gasteiger charge is -2.32. The van der Waals surface area contributed by atoms with Crippen LogP contribution in [0.15, 0.2) is 54.7 Å². The predicted molar refractivity (Wildman–Crippen MR) is 122 cm³/mol. The number of alkyl halides is 3. The molecule has 34 heavy (non-hydrogen) atoms. The van der Waals surface area contributed by atoms with E-state index in [-0.39, 0.29) is 28.9 Å². The zero-order valence-corrected chi connectivity index (χ0v) is 19.0. The van der Waals surface area contributed by atoms with Crippen molar-refractivity contribution in [3.63, 3.8) is 0 Å². The third kappa shape index (κ3) is 4.70. The van der Waals surface area contributed by atoms with Gasteiger partial charge in [0.25, 0.3) is 0 Å². The molecule has 1 aliphatic heterocycles. The van der Waals surface area contributed by atoms with Crippen molar-refractivity contribution in [1.29, 1.82) is 0 Å². The number of aryl methyl sites for hydroxylation is 1. The number of nitrogens with zero attached hydrogens (tertiary/aromatic N) is 3. The summed E-state index contributed by atoms with van der Waals surface area (Å²) in [6.45, 7) is 3.06. The quantitative estimate of drug-likeness (QED) is 0.508. The zero-order valence-electron chi connectivity index (χ0n) is 18.2. The van der Waals surface area contributed by atoms with E-state index in [0.29, 0.717) is 5.69 Å². The average Bonchev–Trinajstić information content (AvgIpc) is 3.12. The molecule has 1 aromatic heterocycles. The van der Waals surface area contributed by atoms with E-state index in [2.05, 4.69) is 10.4 Å². The maximum atomic E-state index is 13.2. The minimum Gasteiger partial charge on any atom is -0.311 e. The number of anilines is 1. The summed E-state index contributed by atoms with van der Waals surface area (Å²) in [5, 5.41) is 6.97. The number of rotatable bonds is 4. The van der Waals surface area contributed by atoms with Crippen molar-refractivity contribution < 1.29 is 22.8 Å². The van der Waals surface area contributed by atoms with Gasteiger partial charge in [0, 0.05) is 19.2 Å². The molecule has 0 saturated heterocycles. The summed E-state index contributed by atoms with van der Waals surface area (Å²) >= 11 is 6.17. The fourth-order valence-corrected chi connectivity index (χ4v) is 4.10. The van der Waals surface area contributed by atoms with Crippen LogP contribution in [0.1, 0.15) is 41.8 Å². The summed E-state index contributed by atoms with van der Waals surface area (Å²) < 4.78 is 40.9. The Labute approximate surface area is 198 Å². The molecule has 176 valence electrons. The highest BCUT2D eigenvalue weighted by Gasteiger charge is 2.32. The van der Waals surface area contributed by atoms with Crippen LogP contribution in [0.25, 0.3) is 11.8 Å². The Morgan fingerprint density at radius 1 is 1.15 bits per heavy atom. The number of benzene rings is 2. The fraction of sp³-hybridized carbons (Fsp3) is 0.208. The Kier molecular flexibility index (Phi) is 6.22. The molecule has 0 aliphatic carbocycles. The van der Waals surface area contributed by atoms with Gasteiger partial charge in [0.2, 0.25) is 11.8 Å². The van der Waals surface area contributed by atoms with Crippen molar-refractivity contribution in [1.82, 2.24) is 14.7 Å². The number of fused-ring (bicyclic) bond motifs is 1. The first-order valence-electron chi connectivity index (χ1n) is 10.3. The van der Waals surface area contributed by atoms with Gasteiger partial charge < -0.3 is 10.2 Å². The molecule has 0 bridgehead atoms. The second kappa shape index (κ2) is 8.98. The van der Waals surface area contributed by atoms with Crippen LogP contribution in [-0.4, -0.2) is 26.5 Å². The first-order chi connectivity index (χ1) is 16.0. The zero-order chi connectivity index (χ0) is 24.6. The lowest BCUT2D eigenvalue weighted by atomic mass is 9.93. The summed E-state index contributed by atoms with van der Waals surface area (Å²) in [4.78, 5) is 26.7. The number of halogens is 4. The Hall–Kier alpha value is -3.59. The maximum absolute atomic E-state index is 13.2. The van der Waals surface area contributed by atoms with Gasteiger partial charge in [-0.15, -0.1) is 0 Å². The van der Waals surface area contributed by atoms with Crippen LogP contribution < -0.4 is 5.32 Å². The van der Waals surface area contributed by atoms with Crippen LogP contribution in [-0.2, 0) is 15.8 Å². The van der Waals surface area contributed by atoms with Crippen molar-refractivity contribution in [3.05, 3.63) is 82.1 Å². The number of carbonyl (C=O) groups excluding carboxylic acids is 2. The number of nitrogens with one attached hydrogen (secondary N) is 1. The van der Waals surface area contributed by atoms with Crippen LogP contribution in [0, 0.1) is 6.92 Å². The number of carbonyl (C=O) groups is 2. The highest BCUT2D eigenvalue weighted by molar-refractivity contribution is 6.32. The molecule has 1 atom stereocenters. The number of hydrogen-bond acceptors (Lipinski definition) is 3. The van der Waals surface area contributed by atoms with Gasteiger partial charge in [0.05, 0.1) is 34.4 Å². The molecular weight excluding hydrogens is 469 g/mol. The van der Waals surface area contributed by atoms with Crippen LogP contribution >= 0.6 is 11.6 Å². The molecule has 1 unspecified atom stereocenters. The van der Waals surface area contributed by atoms with Gasteiger partial charge >= 0.3 is 6.18 Å². The number of hydrogen-bond donors (Lipinski definition) is 1. The highest BCUT2D eigenvalue weighted by Crippen LogP contribution is 2.35. The minimum absolute atomic E-state index is 0.0174. The molecule has 0 radical (unpaired) electrons. The molecule has 0 fully saturated rings. The molecule has 4 rings (SSSR count). The average molecular weight is 489 g/mol. The standard InChI is InChI=1S/C24H20ClF3N4O2/c1-14-11-22(32(30-14)21-12-17(24(26,27)28)7-8-19(21)25)29-23(34)13-20-18-6-4-3-5-16(18)9-10-31(20)15(2)33/h3-12,20H,13H2,1-2H3,(H,29,34). The third-order valence-electron chi connectivity index (χ3n) is 5.45. The Bertz CT molecular complexity index is 1300. The first-order valence-corrected chi connectivity index (χ1v) is 10.7. The van der Waals surface area contributed by atoms with E-state index in [0.717, 1.165) is 29.3 Å². The molecule has 2 heterocycles. The van der Waals surface area contributed by atoms with E-state index >= 15 is 0 Å². The lowest BCUT2D eigenvalue weighted by Crippen LogP contribution is -2.33. The second-order valence-electron chi connectivity index (χ2n) is 7.89. The predicted octanol–water partition coefficient (Wildman–Crippen LogP) is 5.76. The Morgan fingerprint density at radius 3 is 2.59 bits per heavy atom. The summed E-state index contributed by atoms with van der Waals surface area (Å²) in [5.74, 6) is -0.497. The van der Waals surface area contributed by atoms with Crippen molar-refractivity contribution in [3.8, 4) is 5.69 Å². The number of amides is 2. The number of aromatic nitrogens is 2. The SMILES string of the molecule is CC(=O)N1C=Cc2ccccc2C1CC(=O)Nc1cc(C)nn1-c1cc(C(F)(F)F)ccc1Cl. The summed E-state index contributed by atoms with van der Waals surface area (Å²) in [6.07, 6.45) is -1.19. The molecule has 1 N–H and O–H groups in total. The van der Waals surface area contributed by atoms with Crippen molar-refractivity contribution in [2.24, 2.45) is 0 Å². The Balaban J connectivity index is 1.63. The van der Waals surface area contributed by atoms with E-state index < -0.39 is 23.7 Å². The topological polar surface area (TPSA) is 67.2 Å². The summed E-state index contributed by atoms with van der Waals surface area (Å²) in [7, 11) is 0. The molecule has 2 amide bonds. The monoisotopic (exact) mass is 488 g/mol. The van der Waals surface area contributed by atoms with Gasteiger partial charge in [-0.05, 0) is 42.3 Å². The normalized spacial score (nSPS) is 15.2. The molecule has 2 aromatic carbocycles. The van der Waals surface area contributed by atoms with E-state index in [4.69, 9.17) is 11.6 Å². The van der Waals surface area contributed by atoms with Gasteiger partial charge in [-0.25, -0.2) is 4.68 Å². The van der Waals surface area contributed by atoms with E-state index in [9.17, 15) is 22.8 Å². The Morgan fingerprint density at radius 2 is 1.88 bits per heavy atom. The van der Waals surface area contributed by atoms with E-state index in [1.807, 2.05) is 24.3 Å². The summed E-state index contributed by atoms with van der Waals surface area (Å²) in [5.41, 5.74) is 1.28. The van der Waals surface area contributed by atoms with Crippen molar-refractivity contribution >= 4 is 35.3 Å². The molecule has 3 aromatic rings. The molecular formula is C24H20ClF3N4O2. The molecule has 10 heteroatoms. The van der Waals surface area contributed by atoms with Gasteiger partial charge in [0.15, 0.2) is 0 Å². The van der Waals surface area contributed by atoms with Gasteiger partial charge in [-0.3, -0.25) is 9.59 Å². The maximum Gasteiger partial charge on any atom is 0.416 e. The van der Waals surface area contributed by atoms with Crippen molar-refractivity contribution in [2.75, 3.05) is 5.32 Å². The van der Waals surface area contributed by atoms with Crippen LogP contribution in [0.2, 0.25) is 5.02 Å².